The average Bonchev–Trinajstić information content (AvgIpc) is 3.05. The number of nitrogens with one attached hydrogen (secondary N) is 1. The van der Waals surface area contributed by atoms with E-state index >= 15 is 0 Å². The molecule has 5 heteroatoms. The molecule has 0 radical (unpaired) electrons. The van der Waals surface area contributed by atoms with Gasteiger partial charge >= 0.3 is 0 Å². The Morgan fingerprint density at radius 2 is 2.12 bits per heavy atom. The summed E-state index contributed by atoms with van der Waals surface area (Å²) in [5.74, 6) is 1.09. The van der Waals surface area contributed by atoms with Gasteiger partial charge in [-0.25, -0.2) is 4.98 Å². The van der Waals surface area contributed by atoms with Gasteiger partial charge in [0.25, 0.3) is 5.56 Å². The van der Waals surface area contributed by atoms with E-state index in [1.165, 1.54) is 0 Å². The van der Waals surface area contributed by atoms with Crippen LogP contribution in [0.3, 0.4) is 0 Å². The Morgan fingerprint density at radius 3 is 2.62 bits per heavy atom. The van der Waals surface area contributed by atoms with E-state index in [0.29, 0.717) is 11.7 Å². The van der Waals surface area contributed by atoms with Crippen LogP contribution < -0.4 is 5.56 Å². The van der Waals surface area contributed by atoms with Crippen molar-refractivity contribution < 1.29 is 4.74 Å². The van der Waals surface area contributed by atoms with Crippen molar-refractivity contribution in [2.24, 2.45) is 0 Å². The van der Waals surface area contributed by atoms with Gasteiger partial charge in [-0.2, -0.15) is 0 Å². The number of aromatic amines is 1. The normalized spacial score (nSPS) is 16.5. The van der Waals surface area contributed by atoms with Crippen molar-refractivity contribution in [1.82, 2.24) is 9.97 Å². The zero-order valence-corrected chi connectivity index (χ0v) is 11.8. The number of aromatic nitrogens is 2. The minimum absolute atomic E-state index is 0.0578. The molecule has 1 aliphatic rings. The molecule has 88 valence electrons. The summed E-state index contributed by atoms with van der Waals surface area (Å²) in [6.45, 7) is 3.80. The third-order valence-electron chi connectivity index (χ3n) is 2.93. The van der Waals surface area contributed by atoms with Gasteiger partial charge in [-0.15, -0.1) is 0 Å². The van der Waals surface area contributed by atoms with Gasteiger partial charge in [-0.3, -0.25) is 4.79 Å². The van der Waals surface area contributed by atoms with Crippen LogP contribution in [-0.2, 0) is 10.3 Å². The summed E-state index contributed by atoms with van der Waals surface area (Å²) in [6, 6.07) is 0. The van der Waals surface area contributed by atoms with Gasteiger partial charge in [0.1, 0.15) is 11.4 Å². The molecule has 1 heterocycles. The molecule has 0 aromatic carbocycles. The number of nitrogens with zero attached hydrogens (tertiary/aromatic N) is 1. The molecule has 0 aliphatic heterocycles. The summed E-state index contributed by atoms with van der Waals surface area (Å²) >= 11 is 2.07. The Morgan fingerprint density at radius 1 is 1.50 bits per heavy atom. The fourth-order valence-electron chi connectivity index (χ4n) is 1.49. The molecule has 0 bridgehead atoms. The zero-order chi connectivity index (χ0) is 11.9. The van der Waals surface area contributed by atoms with Crippen molar-refractivity contribution >= 4 is 22.6 Å². The van der Waals surface area contributed by atoms with Crippen LogP contribution in [0.1, 0.15) is 44.1 Å². The highest BCUT2D eigenvalue weighted by Crippen LogP contribution is 2.40. The average molecular weight is 334 g/mol. The first kappa shape index (κ1) is 12.0. The maximum absolute atomic E-state index is 11.8. The van der Waals surface area contributed by atoms with Crippen molar-refractivity contribution in [2.45, 2.75) is 38.2 Å². The minimum atomic E-state index is -0.548. The first-order chi connectivity index (χ1) is 7.45. The molecule has 1 saturated carbocycles. The van der Waals surface area contributed by atoms with Crippen LogP contribution >= 0.6 is 22.6 Å². The largest absolute Gasteiger partial charge is 0.371 e. The summed E-state index contributed by atoms with van der Waals surface area (Å²) in [4.78, 5) is 19.1. The highest BCUT2D eigenvalue weighted by atomic mass is 127. The number of hydrogen-bond acceptors (Lipinski definition) is 3. The predicted molar refractivity (Wildman–Crippen MR) is 69.6 cm³/mol. The van der Waals surface area contributed by atoms with Gasteiger partial charge in [0, 0.05) is 13.0 Å². The van der Waals surface area contributed by atoms with Gasteiger partial charge in [-0.05, 0) is 49.3 Å². The second kappa shape index (κ2) is 4.10. The summed E-state index contributed by atoms with van der Waals surface area (Å²) < 4.78 is 6.06. The lowest BCUT2D eigenvalue weighted by atomic mass is 10.1. The fourth-order valence-corrected chi connectivity index (χ4v) is 2.18. The number of methoxy groups -OCH3 is 1. The van der Waals surface area contributed by atoms with Crippen LogP contribution in [0.25, 0.3) is 0 Å². The molecule has 4 nitrogen and oxygen atoms in total. The SMILES string of the molecule is COC(C)(C)c1nc(C2CC2)c(I)c(=O)[nH]1. The third-order valence-corrected chi connectivity index (χ3v) is 3.98. The van der Waals surface area contributed by atoms with Crippen molar-refractivity contribution in [3.8, 4) is 0 Å². The molecule has 0 spiro atoms. The van der Waals surface area contributed by atoms with Crippen molar-refractivity contribution in [1.29, 1.82) is 0 Å². The third kappa shape index (κ3) is 2.15. The number of H-pyrrole nitrogens is 1. The lowest BCUT2D eigenvalue weighted by molar-refractivity contribution is 0.0110. The molecule has 0 saturated heterocycles. The van der Waals surface area contributed by atoms with Gasteiger partial charge in [0.2, 0.25) is 0 Å². The van der Waals surface area contributed by atoms with E-state index in [1.54, 1.807) is 7.11 Å². The van der Waals surface area contributed by atoms with Crippen molar-refractivity contribution in [3.63, 3.8) is 0 Å². The molecular weight excluding hydrogens is 319 g/mol. The van der Waals surface area contributed by atoms with Gasteiger partial charge in [-0.1, -0.05) is 0 Å². The molecule has 0 unspecified atom stereocenters. The van der Waals surface area contributed by atoms with E-state index in [1.807, 2.05) is 13.8 Å². The molecule has 2 rings (SSSR count). The number of rotatable bonds is 3. The second-order valence-electron chi connectivity index (χ2n) is 4.60. The highest BCUT2D eigenvalue weighted by Gasteiger charge is 2.31. The summed E-state index contributed by atoms with van der Waals surface area (Å²) in [6.07, 6.45) is 2.28. The second-order valence-corrected chi connectivity index (χ2v) is 5.68. The molecule has 1 fully saturated rings. The van der Waals surface area contributed by atoms with Crippen LogP contribution in [0, 0.1) is 3.57 Å². The Hall–Kier alpha value is -0.430. The molecule has 1 aromatic rings. The van der Waals surface area contributed by atoms with E-state index in [0.717, 1.165) is 22.1 Å². The lowest BCUT2D eigenvalue weighted by Crippen LogP contribution is -2.29. The first-order valence-corrected chi connectivity index (χ1v) is 6.39. The Bertz CT molecular complexity index is 464. The van der Waals surface area contributed by atoms with Crippen molar-refractivity contribution in [3.05, 3.63) is 25.4 Å². The quantitative estimate of drug-likeness (QED) is 0.862. The molecule has 0 atom stereocenters. The summed E-state index contributed by atoms with van der Waals surface area (Å²) in [5.41, 5.74) is 0.328. The smallest absolute Gasteiger partial charge is 0.264 e. The summed E-state index contributed by atoms with van der Waals surface area (Å²) in [5, 5.41) is 0. The number of halogens is 1. The van der Waals surface area contributed by atoms with E-state index in [9.17, 15) is 4.79 Å². The Kier molecular flexibility index (Phi) is 3.09. The standard InChI is InChI=1S/C11H15IN2O2/c1-11(2,16-3)10-13-8(6-4-5-6)7(12)9(15)14-10/h6H,4-5H2,1-3H3,(H,13,14,15). The zero-order valence-electron chi connectivity index (χ0n) is 9.63. The molecule has 16 heavy (non-hydrogen) atoms. The molecular formula is C11H15IN2O2. The lowest BCUT2D eigenvalue weighted by Gasteiger charge is -2.22. The van der Waals surface area contributed by atoms with Crippen LogP contribution in [0.15, 0.2) is 4.79 Å². The number of hydrogen-bond donors (Lipinski definition) is 1. The van der Waals surface area contributed by atoms with Crippen LogP contribution in [-0.4, -0.2) is 17.1 Å². The van der Waals surface area contributed by atoms with E-state index < -0.39 is 5.60 Å². The predicted octanol–water partition coefficient (Wildman–Crippen LogP) is 2.13. The number of ether oxygens (including phenoxy) is 1. The van der Waals surface area contributed by atoms with Gasteiger partial charge < -0.3 is 9.72 Å². The maximum atomic E-state index is 11.8. The van der Waals surface area contributed by atoms with E-state index in [2.05, 4.69) is 32.6 Å². The van der Waals surface area contributed by atoms with Gasteiger partial charge in [0.05, 0.1) is 9.26 Å². The Balaban J connectivity index is 2.52. The molecule has 0 amide bonds. The van der Waals surface area contributed by atoms with Crippen LogP contribution in [0.2, 0.25) is 0 Å². The van der Waals surface area contributed by atoms with Gasteiger partial charge in [0.15, 0.2) is 0 Å². The molecule has 1 aliphatic carbocycles. The van der Waals surface area contributed by atoms with Crippen LogP contribution in [0.4, 0.5) is 0 Å². The fraction of sp³-hybridized carbons (Fsp3) is 0.636. The molecule has 1 aromatic heterocycles. The van der Waals surface area contributed by atoms with E-state index in [4.69, 9.17) is 4.74 Å². The monoisotopic (exact) mass is 334 g/mol. The van der Waals surface area contributed by atoms with Crippen LogP contribution in [0.5, 0.6) is 0 Å². The Labute approximate surface area is 108 Å². The highest BCUT2D eigenvalue weighted by molar-refractivity contribution is 14.1. The summed E-state index contributed by atoms with van der Waals surface area (Å²) in [7, 11) is 1.62. The van der Waals surface area contributed by atoms with Crippen molar-refractivity contribution in [2.75, 3.05) is 7.11 Å². The maximum Gasteiger partial charge on any atom is 0.264 e. The minimum Gasteiger partial charge on any atom is -0.371 e. The van der Waals surface area contributed by atoms with E-state index in [-0.39, 0.29) is 5.56 Å². The topological polar surface area (TPSA) is 55.0 Å². The molecule has 1 N–H and O–H groups in total. The first-order valence-electron chi connectivity index (χ1n) is 5.31.